The van der Waals surface area contributed by atoms with Crippen LogP contribution in [0.5, 0.6) is 0 Å². The number of hydrogen-bond acceptors (Lipinski definition) is 3. The first-order chi connectivity index (χ1) is 9.20. The summed E-state index contributed by atoms with van der Waals surface area (Å²) in [6.45, 7) is 0.598. The van der Waals surface area contributed by atoms with Gasteiger partial charge in [0, 0.05) is 18.1 Å². The standard InChI is InChI=1S/C15H23N3O/c1-19-8-12-13(14(16)18-17-12)15-5-9-2-10(6-15)4-11(3-9)7-15/h9-11H,2-8H2,1H3,(H3,16,17,18). The van der Waals surface area contributed by atoms with E-state index in [1.807, 2.05) is 0 Å². The molecule has 4 aliphatic carbocycles. The summed E-state index contributed by atoms with van der Waals surface area (Å²) in [6.07, 6.45) is 8.32. The minimum Gasteiger partial charge on any atom is -0.382 e. The average molecular weight is 261 g/mol. The van der Waals surface area contributed by atoms with Gasteiger partial charge in [0.2, 0.25) is 0 Å². The second kappa shape index (κ2) is 3.98. The van der Waals surface area contributed by atoms with Crippen LogP contribution in [0.25, 0.3) is 0 Å². The molecule has 5 rings (SSSR count). The number of rotatable bonds is 3. The van der Waals surface area contributed by atoms with E-state index in [4.69, 9.17) is 10.5 Å². The quantitative estimate of drug-likeness (QED) is 0.879. The summed E-state index contributed by atoms with van der Waals surface area (Å²) >= 11 is 0. The van der Waals surface area contributed by atoms with Gasteiger partial charge in [-0.25, -0.2) is 0 Å². The largest absolute Gasteiger partial charge is 0.382 e. The zero-order chi connectivity index (χ0) is 13.0. The summed E-state index contributed by atoms with van der Waals surface area (Å²) in [5.74, 6) is 3.50. The molecule has 4 bridgehead atoms. The number of anilines is 1. The molecular formula is C15H23N3O. The molecule has 0 amide bonds. The molecule has 104 valence electrons. The number of nitrogens with zero attached hydrogens (tertiary/aromatic N) is 1. The van der Waals surface area contributed by atoms with Crippen LogP contribution in [-0.2, 0) is 16.8 Å². The number of ether oxygens (including phenoxy) is 1. The van der Waals surface area contributed by atoms with Gasteiger partial charge in [0.25, 0.3) is 0 Å². The van der Waals surface area contributed by atoms with Crippen molar-refractivity contribution in [3.63, 3.8) is 0 Å². The molecule has 4 fully saturated rings. The molecule has 1 heterocycles. The number of hydrogen-bond donors (Lipinski definition) is 2. The van der Waals surface area contributed by atoms with Gasteiger partial charge in [0.05, 0.1) is 12.3 Å². The van der Waals surface area contributed by atoms with Gasteiger partial charge in [-0.3, -0.25) is 5.10 Å². The Labute approximate surface area is 114 Å². The van der Waals surface area contributed by atoms with E-state index >= 15 is 0 Å². The summed E-state index contributed by atoms with van der Waals surface area (Å²) in [4.78, 5) is 0. The van der Waals surface area contributed by atoms with E-state index in [-0.39, 0.29) is 0 Å². The van der Waals surface area contributed by atoms with Gasteiger partial charge in [-0.1, -0.05) is 0 Å². The van der Waals surface area contributed by atoms with Crippen molar-refractivity contribution in [1.82, 2.24) is 10.2 Å². The average Bonchev–Trinajstić information content (AvgIpc) is 2.70. The molecule has 1 aromatic rings. The van der Waals surface area contributed by atoms with Crippen LogP contribution in [0, 0.1) is 17.8 Å². The number of aromatic amines is 1. The fourth-order valence-electron chi connectivity index (χ4n) is 5.65. The first kappa shape index (κ1) is 11.8. The number of H-pyrrole nitrogens is 1. The highest BCUT2D eigenvalue weighted by molar-refractivity contribution is 5.49. The number of methoxy groups -OCH3 is 1. The molecule has 4 saturated carbocycles. The fourth-order valence-corrected chi connectivity index (χ4v) is 5.65. The van der Waals surface area contributed by atoms with Crippen LogP contribution in [0.2, 0.25) is 0 Å². The molecule has 0 radical (unpaired) electrons. The van der Waals surface area contributed by atoms with Gasteiger partial charge in [0.1, 0.15) is 5.82 Å². The van der Waals surface area contributed by atoms with E-state index in [9.17, 15) is 0 Å². The first-order valence-corrected chi connectivity index (χ1v) is 7.52. The third-order valence-corrected chi connectivity index (χ3v) is 5.73. The molecule has 0 unspecified atom stereocenters. The molecule has 4 aliphatic rings. The third-order valence-electron chi connectivity index (χ3n) is 5.73. The van der Waals surface area contributed by atoms with Crippen molar-refractivity contribution < 1.29 is 4.74 Å². The smallest absolute Gasteiger partial charge is 0.149 e. The maximum absolute atomic E-state index is 6.20. The second-order valence-corrected chi connectivity index (χ2v) is 7.09. The van der Waals surface area contributed by atoms with Gasteiger partial charge in [-0.2, -0.15) is 5.10 Å². The van der Waals surface area contributed by atoms with Crippen molar-refractivity contribution in [2.75, 3.05) is 12.8 Å². The van der Waals surface area contributed by atoms with Crippen LogP contribution < -0.4 is 5.73 Å². The number of nitrogens with one attached hydrogen (secondary N) is 1. The minimum absolute atomic E-state index is 0.305. The Bertz CT molecular complexity index is 458. The predicted molar refractivity (Wildman–Crippen MR) is 73.6 cm³/mol. The Morgan fingerprint density at radius 3 is 2.32 bits per heavy atom. The van der Waals surface area contributed by atoms with Crippen LogP contribution in [0.3, 0.4) is 0 Å². The molecule has 0 aromatic carbocycles. The van der Waals surface area contributed by atoms with Crippen LogP contribution in [0.15, 0.2) is 0 Å². The normalized spacial score (nSPS) is 39.9. The zero-order valence-electron chi connectivity index (χ0n) is 11.6. The number of nitrogen functional groups attached to an aromatic ring is 1. The van der Waals surface area contributed by atoms with E-state index < -0.39 is 0 Å². The van der Waals surface area contributed by atoms with E-state index in [2.05, 4.69) is 10.2 Å². The lowest BCUT2D eigenvalue weighted by molar-refractivity contribution is -0.00586. The molecule has 0 atom stereocenters. The Hall–Kier alpha value is -1.03. The Kier molecular flexibility index (Phi) is 2.47. The van der Waals surface area contributed by atoms with Crippen LogP contribution in [0.1, 0.15) is 49.8 Å². The van der Waals surface area contributed by atoms with Crippen molar-refractivity contribution in [3.8, 4) is 0 Å². The molecule has 3 N–H and O–H groups in total. The fraction of sp³-hybridized carbons (Fsp3) is 0.800. The molecule has 1 aromatic heterocycles. The van der Waals surface area contributed by atoms with Crippen molar-refractivity contribution >= 4 is 5.82 Å². The maximum atomic E-state index is 6.20. The molecule has 0 spiro atoms. The summed E-state index contributed by atoms with van der Waals surface area (Å²) < 4.78 is 5.32. The highest BCUT2D eigenvalue weighted by Crippen LogP contribution is 2.61. The number of aromatic nitrogens is 2. The van der Waals surface area contributed by atoms with Crippen molar-refractivity contribution in [2.45, 2.75) is 50.5 Å². The number of nitrogens with two attached hydrogens (primary N) is 1. The van der Waals surface area contributed by atoms with Crippen molar-refractivity contribution in [1.29, 1.82) is 0 Å². The Balaban J connectivity index is 1.77. The summed E-state index contributed by atoms with van der Waals surface area (Å²) in [5.41, 5.74) is 8.91. The van der Waals surface area contributed by atoms with Crippen LogP contribution in [0.4, 0.5) is 5.82 Å². The minimum atomic E-state index is 0.305. The zero-order valence-corrected chi connectivity index (χ0v) is 11.6. The van der Waals surface area contributed by atoms with E-state index in [0.717, 1.165) is 23.4 Å². The summed E-state index contributed by atoms with van der Waals surface area (Å²) in [5, 5.41) is 7.37. The summed E-state index contributed by atoms with van der Waals surface area (Å²) in [6, 6.07) is 0. The lowest BCUT2D eigenvalue weighted by Crippen LogP contribution is -2.49. The van der Waals surface area contributed by atoms with Gasteiger partial charge in [0.15, 0.2) is 0 Å². The highest BCUT2D eigenvalue weighted by Gasteiger charge is 2.53. The van der Waals surface area contributed by atoms with E-state index in [1.165, 1.54) is 44.1 Å². The maximum Gasteiger partial charge on any atom is 0.149 e. The van der Waals surface area contributed by atoms with Crippen molar-refractivity contribution in [3.05, 3.63) is 11.3 Å². The molecule has 0 saturated heterocycles. The molecule has 0 aliphatic heterocycles. The molecule has 19 heavy (non-hydrogen) atoms. The van der Waals surface area contributed by atoms with Gasteiger partial charge in [-0.15, -0.1) is 0 Å². The van der Waals surface area contributed by atoms with E-state index in [0.29, 0.717) is 17.8 Å². The van der Waals surface area contributed by atoms with Crippen molar-refractivity contribution in [2.24, 2.45) is 17.8 Å². The third kappa shape index (κ3) is 1.65. The lowest BCUT2D eigenvalue weighted by atomic mass is 9.48. The topological polar surface area (TPSA) is 63.9 Å². The highest BCUT2D eigenvalue weighted by atomic mass is 16.5. The summed E-state index contributed by atoms with van der Waals surface area (Å²) in [7, 11) is 1.74. The predicted octanol–water partition coefficient (Wildman–Crippen LogP) is 2.61. The van der Waals surface area contributed by atoms with Crippen LogP contribution in [-0.4, -0.2) is 17.3 Å². The Morgan fingerprint density at radius 2 is 1.79 bits per heavy atom. The second-order valence-electron chi connectivity index (χ2n) is 7.09. The SMILES string of the molecule is COCc1[nH]nc(N)c1C12CC3CC(CC(C3)C1)C2. The van der Waals surface area contributed by atoms with E-state index in [1.54, 1.807) is 7.11 Å². The van der Waals surface area contributed by atoms with Gasteiger partial charge in [-0.05, 0) is 56.3 Å². The van der Waals surface area contributed by atoms with Crippen LogP contribution >= 0.6 is 0 Å². The molecular weight excluding hydrogens is 238 g/mol. The van der Waals surface area contributed by atoms with Gasteiger partial charge < -0.3 is 10.5 Å². The first-order valence-electron chi connectivity index (χ1n) is 7.52. The molecule has 4 nitrogen and oxygen atoms in total. The lowest BCUT2D eigenvalue weighted by Gasteiger charge is -2.57. The van der Waals surface area contributed by atoms with Gasteiger partial charge >= 0.3 is 0 Å². The Morgan fingerprint density at radius 1 is 1.21 bits per heavy atom. The monoisotopic (exact) mass is 261 g/mol. The molecule has 4 heteroatoms.